The molecule has 1 rings (SSSR count). The Morgan fingerprint density at radius 1 is 1.35 bits per heavy atom. The minimum absolute atomic E-state index is 0.0393. The van der Waals surface area contributed by atoms with Gasteiger partial charge in [-0.3, -0.25) is 4.79 Å². The van der Waals surface area contributed by atoms with Crippen LogP contribution < -0.4 is 0 Å². The van der Waals surface area contributed by atoms with Crippen molar-refractivity contribution >= 4 is 17.6 Å². The van der Waals surface area contributed by atoms with E-state index in [1.807, 2.05) is 0 Å². The maximum absolute atomic E-state index is 10.4. The SMILES string of the molecule is O=C(O)CCc1cccc(C(O)C(O)CCl)c1. The Bertz CT molecular complexity index is 381. The van der Waals surface area contributed by atoms with Crippen LogP contribution in [0.1, 0.15) is 23.7 Å². The van der Waals surface area contributed by atoms with Crippen LogP contribution in [0.15, 0.2) is 24.3 Å². The quantitative estimate of drug-likeness (QED) is 0.673. The Morgan fingerprint density at radius 3 is 2.65 bits per heavy atom. The zero-order valence-electron chi connectivity index (χ0n) is 9.21. The summed E-state index contributed by atoms with van der Waals surface area (Å²) in [5.74, 6) is -0.919. The molecule has 0 aromatic heterocycles. The highest BCUT2D eigenvalue weighted by atomic mass is 35.5. The molecule has 94 valence electrons. The van der Waals surface area contributed by atoms with E-state index in [2.05, 4.69) is 0 Å². The molecule has 2 unspecified atom stereocenters. The Hall–Kier alpha value is -1.10. The molecule has 0 radical (unpaired) electrons. The first kappa shape index (κ1) is 14.0. The number of aliphatic hydroxyl groups excluding tert-OH is 2. The largest absolute Gasteiger partial charge is 0.481 e. The van der Waals surface area contributed by atoms with Crippen LogP contribution in [0.4, 0.5) is 0 Å². The number of aliphatic carboxylic acids is 1. The van der Waals surface area contributed by atoms with Crippen LogP contribution in [0.3, 0.4) is 0 Å². The van der Waals surface area contributed by atoms with Crippen LogP contribution in [0.25, 0.3) is 0 Å². The number of hydrogen-bond acceptors (Lipinski definition) is 3. The second kappa shape index (κ2) is 6.59. The number of carboxylic acids is 1. The molecule has 0 saturated heterocycles. The highest BCUT2D eigenvalue weighted by Gasteiger charge is 2.17. The fourth-order valence-electron chi connectivity index (χ4n) is 1.49. The molecule has 0 amide bonds. The molecule has 0 fully saturated rings. The summed E-state index contributed by atoms with van der Waals surface area (Å²) in [6.07, 6.45) is -1.63. The first-order valence-corrected chi connectivity index (χ1v) is 5.80. The van der Waals surface area contributed by atoms with Gasteiger partial charge in [-0.15, -0.1) is 11.6 Å². The summed E-state index contributed by atoms with van der Waals surface area (Å²) in [5.41, 5.74) is 1.35. The topological polar surface area (TPSA) is 77.8 Å². The van der Waals surface area contributed by atoms with Crippen molar-refractivity contribution in [3.63, 3.8) is 0 Å². The van der Waals surface area contributed by atoms with Gasteiger partial charge in [0.15, 0.2) is 0 Å². The van der Waals surface area contributed by atoms with E-state index in [1.165, 1.54) is 0 Å². The van der Waals surface area contributed by atoms with Crippen molar-refractivity contribution in [2.45, 2.75) is 25.0 Å². The van der Waals surface area contributed by atoms with Gasteiger partial charge in [-0.2, -0.15) is 0 Å². The summed E-state index contributed by atoms with van der Waals surface area (Å²) in [7, 11) is 0. The van der Waals surface area contributed by atoms with Gasteiger partial charge < -0.3 is 15.3 Å². The second-order valence-electron chi connectivity index (χ2n) is 3.81. The minimum atomic E-state index is -1.04. The van der Waals surface area contributed by atoms with Crippen molar-refractivity contribution in [2.75, 3.05) is 5.88 Å². The molecule has 0 aliphatic carbocycles. The Kier molecular flexibility index (Phi) is 5.41. The van der Waals surface area contributed by atoms with Gasteiger partial charge in [-0.1, -0.05) is 24.3 Å². The summed E-state index contributed by atoms with van der Waals surface area (Å²) >= 11 is 5.45. The molecule has 5 heteroatoms. The average Bonchev–Trinajstić information content (AvgIpc) is 2.34. The summed E-state index contributed by atoms with van der Waals surface area (Å²) in [6, 6.07) is 6.86. The highest BCUT2D eigenvalue weighted by Crippen LogP contribution is 2.19. The fraction of sp³-hybridized carbons (Fsp3) is 0.417. The molecule has 0 aliphatic rings. The summed E-state index contributed by atoms with van der Waals surface area (Å²) in [6.45, 7) is 0. The third-order valence-corrected chi connectivity index (χ3v) is 2.76. The zero-order valence-corrected chi connectivity index (χ0v) is 9.97. The maximum atomic E-state index is 10.4. The van der Waals surface area contributed by atoms with Crippen molar-refractivity contribution < 1.29 is 20.1 Å². The van der Waals surface area contributed by atoms with Crippen molar-refractivity contribution in [3.8, 4) is 0 Å². The molecule has 0 aliphatic heterocycles. The lowest BCUT2D eigenvalue weighted by molar-refractivity contribution is -0.136. The standard InChI is InChI=1S/C12H15ClO4/c13-7-10(14)12(17)9-3-1-2-8(6-9)4-5-11(15)16/h1-3,6,10,12,14,17H,4-5,7H2,(H,15,16). The molecule has 0 heterocycles. The number of aryl methyl sites for hydroxylation is 1. The molecule has 0 spiro atoms. The number of carboxylic acid groups (broad SMARTS) is 1. The van der Waals surface area contributed by atoms with Crippen molar-refractivity contribution in [3.05, 3.63) is 35.4 Å². The number of rotatable bonds is 6. The van der Waals surface area contributed by atoms with Gasteiger partial charge in [-0.25, -0.2) is 0 Å². The molecule has 17 heavy (non-hydrogen) atoms. The van der Waals surface area contributed by atoms with Crippen LogP contribution in [-0.2, 0) is 11.2 Å². The van der Waals surface area contributed by atoms with Gasteiger partial charge in [0.25, 0.3) is 0 Å². The molecule has 0 saturated carbocycles. The predicted octanol–water partition coefficient (Wildman–Crippen LogP) is 1.34. The first-order chi connectivity index (χ1) is 8.04. The number of benzene rings is 1. The molecule has 2 atom stereocenters. The lowest BCUT2D eigenvalue weighted by Crippen LogP contribution is -2.19. The van der Waals surface area contributed by atoms with E-state index in [-0.39, 0.29) is 12.3 Å². The molecule has 0 bridgehead atoms. The third kappa shape index (κ3) is 4.34. The smallest absolute Gasteiger partial charge is 0.303 e. The Labute approximate surface area is 104 Å². The number of alkyl halides is 1. The zero-order chi connectivity index (χ0) is 12.8. The monoisotopic (exact) mass is 258 g/mol. The number of carbonyl (C=O) groups is 1. The van der Waals surface area contributed by atoms with Crippen LogP contribution in [0.5, 0.6) is 0 Å². The molecule has 4 nitrogen and oxygen atoms in total. The van der Waals surface area contributed by atoms with Crippen LogP contribution in [0, 0.1) is 0 Å². The lowest BCUT2D eigenvalue weighted by Gasteiger charge is -2.16. The molecular weight excluding hydrogens is 244 g/mol. The van der Waals surface area contributed by atoms with E-state index in [0.717, 1.165) is 5.56 Å². The number of halogens is 1. The van der Waals surface area contributed by atoms with E-state index in [9.17, 15) is 15.0 Å². The van der Waals surface area contributed by atoms with Crippen molar-refractivity contribution in [2.24, 2.45) is 0 Å². The average molecular weight is 259 g/mol. The van der Waals surface area contributed by atoms with Crippen LogP contribution in [0.2, 0.25) is 0 Å². The van der Waals surface area contributed by atoms with Crippen molar-refractivity contribution in [1.82, 2.24) is 0 Å². The molecule has 1 aromatic rings. The van der Waals surface area contributed by atoms with Gasteiger partial charge >= 0.3 is 5.97 Å². The minimum Gasteiger partial charge on any atom is -0.481 e. The van der Waals surface area contributed by atoms with E-state index in [4.69, 9.17) is 16.7 Å². The summed E-state index contributed by atoms with van der Waals surface area (Å²) in [5, 5.41) is 27.7. The fourth-order valence-corrected chi connectivity index (χ4v) is 1.66. The van der Waals surface area contributed by atoms with E-state index in [1.54, 1.807) is 24.3 Å². The molecular formula is C12H15ClO4. The highest BCUT2D eigenvalue weighted by molar-refractivity contribution is 6.18. The number of aliphatic hydroxyl groups is 2. The Morgan fingerprint density at radius 2 is 2.06 bits per heavy atom. The van der Waals surface area contributed by atoms with Crippen LogP contribution in [-0.4, -0.2) is 33.3 Å². The summed E-state index contributed by atoms with van der Waals surface area (Å²) in [4.78, 5) is 10.4. The van der Waals surface area contributed by atoms with Gasteiger partial charge in [-0.05, 0) is 17.5 Å². The predicted molar refractivity (Wildman–Crippen MR) is 64.1 cm³/mol. The van der Waals surface area contributed by atoms with E-state index >= 15 is 0 Å². The molecule has 1 aromatic carbocycles. The molecule has 3 N–H and O–H groups in total. The van der Waals surface area contributed by atoms with Gasteiger partial charge in [0, 0.05) is 6.42 Å². The van der Waals surface area contributed by atoms with E-state index < -0.39 is 18.2 Å². The maximum Gasteiger partial charge on any atom is 0.303 e. The first-order valence-electron chi connectivity index (χ1n) is 5.27. The number of hydrogen-bond donors (Lipinski definition) is 3. The Balaban J connectivity index is 2.74. The summed E-state index contributed by atoms with van der Waals surface area (Å²) < 4.78 is 0. The van der Waals surface area contributed by atoms with Crippen LogP contribution >= 0.6 is 11.6 Å². The third-order valence-electron chi connectivity index (χ3n) is 2.44. The lowest BCUT2D eigenvalue weighted by atomic mass is 10.0. The van der Waals surface area contributed by atoms with Gasteiger partial charge in [0.2, 0.25) is 0 Å². The van der Waals surface area contributed by atoms with E-state index in [0.29, 0.717) is 12.0 Å². The second-order valence-corrected chi connectivity index (χ2v) is 4.11. The van der Waals surface area contributed by atoms with Gasteiger partial charge in [0.05, 0.1) is 12.0 Å². The normalized spacial score (nSPS) is 14.3. The van der Waals surface area contributed by atoms with Gasteiger partial charge in [0.1, 0.15) is 6.10 Å². The van der Waals surface area contributed by atoms with Crippen molar-refractivity contribution in [1.29, 1.82) is 0 Å².